The number of aromatic nitrogens is 4. The SMILES string of the molecule is COc1cccc(C(C)(CNC(=O)c2cc(-c3ccc(F)cc3F)on2)c2cnn(C)c2)n1. The first-order chi connectivity index (χ1) is 15.8. The minimum atomic E-state index is -0.814. The number of pyridine rings is 1. The second-order valence-corrected chi connectivity index (χ2v) is 7.68. The van der Waals surface area contributed by atoms with E-state index in [1.54, 1.807) is 24.0 Å². The first kappa shape index (κ1) is 22.1. The highest BCUT2D eigenvalue weighted by atomic mass is 19.1. The Morgan fingerprint density at radius 3 is 2.76 bits per heavy atom. The van der Waals surface area contributed by atoms with Crippen molar-refractivity contribution in [2.75, 3.05) is 13.7 Å². The maximum Gasteiger partial charge on any atom is 0.273 e. The molecule has 0 aliphatic heterocycles. The van der Waals surface area contributed by atoms with Gasteiger partial charge in [-0.2, -0.15) is 5.10 Å². The molecular formula is C23H21F2N5O3. The molecule has 170 valence electrons. The van der Waals surface area contributed by atoms with E-state index in [1.807, 2.05) is 25.3 Å². The zero-order valence-electron chi connectivity index (χ0n) is 18.2. The summed E-state index contributed by atoms with van der Waals surface area (Å²) in [6.07, 6.45) is 3.55. The van der Waals surface area contributed by atoms with Crippen LogP contribution in [0.4, 0.5) is 8.78 Å². The molecule has 8 nitrogen and oxygen atoms in total. The number of hydrogen-bond acceptors (Lipinski definition) is 6. The monoisotopic (exact) mass is 453 g/mol. The molecule has 0 fully saturated rings. The summed E-state index contributed by atoms with van der Waals surface area (Å²) in [5.41, 5.74) is 0.725. The fraction of sp³-hybridized carbons (Fsp3) is 0.217. The van der Waals surface area contributed by atoms with E-state index in [9.17, 15) is 13.6 Å². The number of aryl methyl sites for hydroxylation is 1. The fourth-order valence-corrected chi connectivity index (χ4v) is 3.43. The molecule has 10 heteroatoms. The summed E-state index contributed by atoms with van der Waals surface area (Å²) >= 11 is 0. The summed E-state index contributed by atoms with van der Waals surface area (Å²) in [5.74, 6) is -1.59. The summed E-state index contributed by atoms with van der Waals surface area (Å²) in [7, 11) is 3.33. The van der Waals surface area contributed by atoms with E-state index in [0.29, 0.717) is 11.6 Å². The second-order valence-electron chi connectivity index (χ2n) is 7.68. The molecule has 0 bridgehead atoms. The number of carbonyl (C=O) groups is 1. The zero-order chi connectivity index (χ0) is 23.6. The number of nitrogens with one attached hydrogen (secondary N) is 1. The highest BCUT2D eigenvalue weighted by molar-refractivity contribution is 5.93. The van der Waals surface area contributed by atoms with Crippen LogP contribution in [0.5, 0.6) is 5.88 Å². The minimum absolute atomic E-state index is 0.00345. The van der Waals surface area contributed by atoms with Crippen LogP contribution in [-0.4, -0.2) is 39.5 Å². The molecule has 3 heterocycles. The highest BCUT2D eigenvalue weighted by Crippen LogP contribution is 2.31. The lowest BCUT2D eigenvalue weighted by Crippen LogP contribution is -2.40. The summed E-state index contributed by atoms with van der Waals surface area (Å²) < 4.78 is 39.2. The maximum absolute atomic E-state index is 14.0. The Morgan fingerprint density at radius 2 is 2.06 bits per heavy atom. The third-order valence-corrected chi connectivity index (χ3v) is 5.38. The van der Waals surface area contributed by atoms with E-state index in [2.05, 4.69) is 20.6 Å². The van der Waals surface area contributed by atoms with Crippen LogP contribution in [0.1, 0.15) is 28.7 Å². The number of hydrogen-bond donors (Lipinski definition) is 1. The number of benzene rings is 1. The molecule has 1 N–H and O–H groups in total. The summed E-state index contributed by atoms with van der Waals surface area (Å²) in [5, 5.41) is 10.8. The van der Waals surface area contributed by atoms with Gasteiger partial charge in [0.05, 0.1) is 30.0 Å². The fourth-order valence-electron chi connectivity index (χ4n) is 3.43. The van der Waals surface area contributed by atoms with E-state index in [1.165, 1.54) is 19.2 Å². The first-order valence-corrected chi connectivity index (χ1v) is 10.0. The number of methoxy groups -OCH3 is 1. The molecule has 4 rings (SSSR count). The Morgan fingerprint density at radius 1 is 1.24 bits per heavy atom. The summed E-state index contributed by atoms with van der Waals surface area (Å²) in [4.78, 5) is 17.4. The number of nitrogens with zero attached hydrogens (tertiary/aromatic N) is 4. The van der Waals surface area contributed by atoms with Gasteiger partial charge in [0.25, 0.3) is 5.91 Å². The van der Waals surface area contributed by atoms with Crippen LogP contribution in [0.25, 0.3) is 11.3 Å². The standard InChI is InChI=1S/C23H21F2N5O3/c1-23(14-11-27-30(2)12-14,20-5-4-6-21(28-20)32-3)13-26-22(31)18-10-19(33-29-18)16-8-7-15(24)9-17(16)25/h4-12H,13H2,1-3H3,(H,26,31). The van der Waals surface area contributed by atoms with Gasteiger partial charge in [-0.05, 0) is 25.1 Å². The zero-order valence-corrected chi connectivity index (χ0v) is 18.2. The third-order valence-electron chi connectivity index (χ3n) is 5.38. The molecule has 4 aromatic rings. The lowest BCUT2D eigenvalue weighted by molar-refractivity contribution is 0.0938. The normalized spacial score (nSPS) is 12.9. The van der Waals surface area contributed by atoms with Gasteiger partial charge in [-0.1, -0.05) is 11.2 Å². The van der Waals surface area contributed by atoms with Crippen molar-refractivity contribution in [3.05, 3.63) is 83.4 Å². The van der Waals surface area contributed by atoms with Crippen LogP contribution >= 0.6 is 0 Å². The van der Waals surface area contributed by atoms with Crippen LogP contribution in [0, 0.1) is 11.6 Å². The van der Waals surface area contributed by atoms with Crippen LogP contribution in [0.3, 0.4) is 0 Å². The number of amides is 1. The Hall–Kier alpha value is -4.08. The van der Waals surface area contributed by atoms with Gasteiger partial charge in [0.15, 0.2) is 11.5 Å². The Kier molecular flexibility index (Phi) is 5.91. The minimum Gasteiger partial charge on any atom is -0.481 e. The summed E-state index contributed by atoms with van der Waals surface area (Å²) in [6, 6.07) is 9.75. The van der Waals surface area contributed by atoms with Gasteiger partial charge in [-0.3, -0.25) is 9.48 Å². The number of rotatable bonds is 7. The van der Waals surface area contributed by atoms with E-state index in [4.69, 9.17) is 9.26 Å². The predicted molar refractivity (Wildman–Crippen MR) is 115 cm³/mol. The molecule has 1 amide bonds. The molecule has 33 heavy (non-hydrogen) atoms. The van der Waals surface area contributed by atoms with Crippen LogP contribution in [0.15, 0.2) is 59.4 Å². The molecule has 1 atom stereocenters. The Bertz CT molecular complexity index is 1300. The van der Waals surface area contributed by atoms with Gasteiger partial charge in [-0.15, -0.1) is 0 Å². The lowest BCUT2D eigenvalue weighted by atomic mass is 9.80. The van der Waals surface area contributed by atoms with Gasteiger partial charge < -0.3 is 14.6 Å². The Labute approximate surface area is 188 Å². The molecule has 1 unspecified atom stereocenters. The molecule has 0 aliphatic rings. The van der Waals surface area contributed by atoms with Gasteiger partial charge in [-0.25, -0.2) is 13.8 Å². The maximum atomic E-state index is 14.0. The van der Waals surface area contributed by atoms with Crippen LogP contribution in [-0.2, 0) is 12.5 Å². The van der Waals surface area contributed by atoms with E-state index in [0.717, 1.165) is 17.7 Å². The van der Waals surface area contributed by atoms with E-state index < -0.39 is 23.0 Å². The van der Waals surface area contributed by atoms with Crippen LogP contribution in [0.2, 0.25) is 0 Å². The van der Waals surface area contributed by atoms with Crippen molar-refractivity contribution in [2.24, 2.45) is 7.05 Å². The highest BCUT2D eigenvalue weighted by Gasteiger charge is 2.33. The lowest BCUT2D eigenvalue weighted by Gasteiger charge is -2.28. The largest absolute Gasteiger partial charge is 0.481 e. The molecule has 3 aromatic heterocycles. The molecule has 0 aliphatic carbocycles. The molecule has 0 saturated carbocycles. The van der Waals surface area contributed by atoms with Crippen molar-refractivity contribution >= 4 is 5.91 Å². The average molecular weight is 453 g/mol. The number of ether oxygens (including phenoxy) is 1. The quantitative estimate of drug-likeness (QED) is 0.460. The average Bonchev–Trinajstić information content (AvgIpc) is 3.47. The van der Waals surface area contributed by atoms with Gasteiger partial charge in [0.2, 0.25) is 5.88 Å². The Balaban J connectivity index is 1.58. The number of halogens is 2. The molecule has 1 aromatic carbocycles. The van der Waals surface area contributed by atoms with E-state index in [-0.39, 0.29) is 23.6 Å². The summed E-state index contributed by atoms with van der Waals surface area (Å²) in [6.45, 7) is 2.08. The van der Waals surface area contributed by atoms with Gasteiger partial charge in [0, 0.05) is 43.6 Å². The predicted octanol–water partition coefficient (Wildman–Crippen LogP) is 3.49. The first-order valence-electron chi connectivity index (χ1n) is 10.0. The topological polar surface area (TPSA) is 95.1 Å². The second kappa shape index (κ2) is 8.81. The third kappa shape index (κ3) is 4.45. The van der Waals surface area contributed by atoms with Crippen molar-refractivity contribution in [2.45, 2.75) is 12.3 Å². The molecule has 0 saturated heterocycles. The van der Waals surface area contributed by atoms with Crippen molar-refractivity contribution in [1.82, 2.24) is 25.2 Å². The number of carbonyl (C=O) groups excluding carboxylic acids is 1. The molecular weight excluding hydrogens is 432 g/mol. The van der Waals surface area contributed by atoms with Crippen LogP contribution < -0.4 is 10.1 Å². The van der Waals surface area contributed by atoms with Crippen molar-refractivity contribution in [3.8, 4) is 17.2 Å². The van der Waals surface area contributed by atoms with Crippen molar-refractivity contribution < 1.29 is 22.8 Å². The van der Waals surface area contributed by atoms with Gasteiger partial charge in [0.1, 0.15) is 11.6 Å². The molecule has 0 spiro atoms. The van der Waals surface area contributed by atoms with Crippen molar-refractivity contribution in [3.63, 3.8) is 0 Å². The van der Waals surface area contributed by atoms with Crippen molar-refractivity contribution in [1.29, 1.82) is 0 Å². The smallest absolute Gasteiger partial charge is 0.273 e. The van der Waals surface area contributed by atoms with Gasteiger partial charge >= 0.3 is 0 Å². The van der Waals surface area contributed by atoms with E-state index >= 15 is 0 Å². The molecule has 0 radical (unpaired) electrons.